The molecule has 3 heteroatoms. The average Bonchev–Trinajstić information content (AvgIpc) is 2.32. The number of hydrogen-bond donors (Lipinski definition) is 0. The largest absolute Gasteiger partial charge is 0.468 e. The highest BCUT2D eigenvalue weighted by atomic mass is 16.5. The van der Waals surface area contributed by atoms with Gasteiger partial charge in [0.1, 0.15) is 0 Å². The standard InChI is InChI=1S/C10H9N.C3H6O2/c1-8-4-2-6-10-9(8)5-3-7-11-10;1-2-5-3-4/h2-7H,1H3;3H,2H2,1H3. The van der Waals surface area contributed by atoms with E-state index >= 15 is 0 Å². The van der Waals surface area contributed by atoms with E-state index in [1.54, 1.807) is 6.92 Å². The highest BCUT2D eigenvalue weighted by Gasteiger charge is 1.93. The van der Waals surface area contributed by atoms with Gasteiger partial charge in [-0.15, -0.1) is 0 Å². The molecule has 0 aliphatic heterocycles. The molecule has 0 amide bonds. The van der Waals surface area contributed by atoms with Gasteiger partial charge in [-0.05, 0) is 31.5 Å². The van der Waals surface area contributed by atoms with Crippen LogP contribution >= 0.6 is 0 Å². The lowest BCUT2D eigenvalue weighted by Crippen LogP contribution is -1.80. The Labute approximate surface area is 95.1 Å². The van der Waals surface area contributed by atoms with Crippen molar-refractivity contribution in [1.82, 2.24) is 4.98 Å². The van der Waals surface area contributed by atoms with Crippen molar-refractivity contribution < 1.29 is 9.53 Å². The molecule has 0 aliphatic rings. The van der Waals surface area contributed by atoms with Gasteiger partial charge in [-0.3, -0.25) is 9.78 Å². The number of carbonyl (C=O) groups excluding carboxylic acids is 1. The maximum absolute atomic E-state index is 9.18. The number of fused-ring (bicyclic) bond motifs is 1. The lowest BCUT2D eigenvalue weighted by molar-refractivity contribution is -0.128. The molecule has 0 radical (unpaired) electrons. The Morgan fingerprint density at radius 2 is 2.12 bits per heavy atom. The van der Waals surface area contributed by atoms with Crippen molar-refractivity contribution in [2.45, 2.75) is 13.8 Å². The zero-order valence-electron chi connectivity index (χ0n) is 9.51. The summed E-state index contributed by atoms with van der Waals surface area (Å²) in [5, 5.41) is 1.25. The molecule has 84 valence electrons. The topological polar surface area (TPSA) is 39.2 Å². The number of hydrogen-bond acceptors (Lipinski definition) is 3. The molecule has 1 aromatic heterocycles. The third kappa shape index (κ3) is 3.35. The Hall–Kier alpha value is -1.90. The molecule has 0 saturated carbocycles. The molecule has 1 aromatic carbocycles. The van der Waals surface area contributed by atoms with Gasteiger partial charge in [0.2, 0.25) is 0 Å². The van der Waals surface area contributed by atoms with Gasteiger partial charge in [0.05, 0.1) is 12.1 Å². The number of rotatable bonds is 2. The van der Waals surface area contributed by atoms with E-state index in [1.807, 2.05) is 24.4 Å². The van der Waals surface area contributed by atoms with Crippen molar-refractivity contribution in [2.75, 3.05) is 6.61 Å². The first kappa shape index (κ1) is 12.2. The molecule has 1 heterocycles. The number of aryl methyl sites for hydroxylation is 1. The van der Waals surface area contributed by atoms with E-state index in [-0.39, 0.29) is 0 Å². The molecule has 0 fully saturated rings. The van der Waals surface area contributed by atoms with Crippen molar-refractivity contribution in [2.24, 2.45) is 0 Å². The van der Waals surface area contributed by atoms with E-state index < -0.39 is 0 Å². The van der Waals surface area contributed by atoms with Crippen molar-refractivity contribution >= 4 is 17.4 Å². The first-order valence-corrected chi connectivity index (χ1v) is 5.15. The molecule has 2 rings (SSSR count). The Kier molecular flexibility index (Phi) is 4.99. The van der Waals surface area contributed by atoms with E-state index in [9.17, 15) is 4.79 Å². The summed E-state index contributed by atoms with van der Waals surface area (Å²) in [7, 11) is 0. The number of aromatic nitrogens is 1. The van der Waals surface area contributed by atoms with Gasteiger partial charge in [-0.25, -0.2) is 0 Å². The highest BCUT2D eigenvalue weighted by molar-refractivity contribution is 5.81. The maximum Gasteiger partial charge on any atom is 0.293 e. The molecular formula is C13H15NO2. The number of benzene rings is 1. The van der Waals surface area contributed by atoms with Crippen LogP contribution in [0.1, 0.15) is 12.5 Å². The van der Waals surface area contributed by atoms with Crippen molar-refractivity contribution in [3.63, 3.8) is 0 Å². The molecule has 0 saturated heterocycles. The second kappa shape index (κ2) is 6.56. The fraction of sp³-hybridized carbons (Fsp3) is 0.231. The van der Waals surface area contributed by atoms with Crippen LogP contribution in [0.5, 0.6) is 0 Å². The molecular weight excluding hydrogens is 202 g/mol. The minimum atomic E-state index is 0.431. The number of ether oxygens (including phenoxy) is 1. The second-order valence-electron chi connectivity index (χ2n) is 3.20. The number of nitrogens with zero attached hydrogens (tertiary/aromatic N) is 1. The minimum Gasteiger partial charge on any atom is -0.468 e. The highest BCUT2D eigenvalue weighted by Crippen LogP contribution is 2.14. The zero-order chi connectivity index (χ0) is 11.8. The predicted octanol–water partition coefficient (Wildman–Crippen LogP) is 2.72. The zero-order valence-corrected chi connectivity index (χ0v) is 9.51. The fourth-order valence-electron chi connectivity index (χ4n) is 1.33. The van der Waals surface area contributed by atoms with E-state index in [4.69, 9.17) is 0 Å². The number of pyridine rings is 1. The smallest absolute Gasteiger partial charge is 0.293 e. The Morgan fingerprint density at radius 3 is 2.69 bits per heavy atom. The van der Waals surface area contributed by atoms with Gasteiger partial charge in [0.25, 0.3) is 6.47 Å². The Balaban J connectivity index is 0.000000221. The lowest BCUT2D eigenvalue weighted by atomic mass is 10.1. The van der Waals surface area contributed by atoms with Crippen LogP contribution in [0.15, 0.2) is 36.5 Å². The summed E-state index contributed by atoms with van der Waals surface area (Å²) in [5.74, 6) is 0. The summed E-state index contributed by atoms with van der Waals surface area (Å²) in [6, 6.07) is 10.2. The van der Waals surface area contributed by atoms with E-state index in [2.05, 4.69) is 28.8 Å². The first-order chi connectivity index (χ1) is 7.79. The third-order valence-electron chi connectivity index (χ3n) is 2.10. The average molecular weight is 217 g/mol. The van der Waals surface area contributed by atoms with Crippen LogP contribution in [-0.2, 0) is 9.53 Å². The van der Waals surface area contributed by atoms with Crippen LogP contribution < -0.4 is 0 Å². The molecule has 0 unspecified atom stereocenters. The third-order valence-corrected chi connectivity index (χ3v) is 2.10. The van der Waals surface area contributed by atoms with E-state index in [0.717, 1.165) is 5.52 Å². The van der Waals surface area contributed by atoms with Gasteiger partial charge in [-0.2, -0.15) is 0 Å². The normalized spacial score (nSPS) is 9.12. The van der Waals surface area contributed by atoms with Crippen LogP contribution in [0.4, 0.5) is 0 Å². The Bertz CT molecular complexity index is 449. The van der Waals surface area contributed by atoms with Gasteiger partial charge in [0, 0.05) is 11.6 Å². The summed E-state index contributed by atoms with van der Waals surface area (Å²) >= 11 is 0. The quantitative estimate of drug-likeness (QED) is 0.726. The van der Waals surface area contributed by atoms with Gasteiger partial charge < -0.3 is 4.74 Å². The van der Waals surface area contributed by atoms with Crippen molar-refractivity contribution in [1.29, 1.82) is 0 Å². The van der Waals surface area contributed by atoms with Crippen LogP contribution in [0.3, 0.4) is 0 Å². The molecule has 0 atom stereocenters. The van der Waals surface area contributed by atoms with Crippen LogP contribution in [0, 0.1) is 6.92 Å². The summed E-state index contributed by atoms with van der Waals surface area (Å²) in [6.45, 7) is 4.77. The van der Waals surface area contributed by atoms with Crippen molar-refractivity contribution in [3.05, 3.63) is 42.1 Å². The predicted molar refractivity (Wildman–Crippen MR) is 64.2 cm³/mol. The molecule has 2 aromatic rings. The van der Waals surface area contributed by atoms with Crippen LogP contribution in [0.25, 0.3) is 10.9 Å². The summed E-state index contributed by atoms with van der Waals surface area (Å²) in [6.07, 6.45) is 1.82. The molecule has 0 spiro atoms. The lowest BCUT2D eigenvalue weighted by Gasteiger charge is -1.97. The summed E-state index contributed by atoms with van der Waals surface area (Å²) in [5.41, 5.74) is 2.36. The van der Waals surface area contributed by atoms with Gasteiger partial charge >= 0.3 is 0 Å². The summed E-state index contributed by atoms with van der Waals surface area (Å²) in [4.78, 5) is 13.4. The van der Waals surface area contributed by atoms with Gasteiger partial charge in [-0.1, -0.05) is 18.2 Å². The van der Waals surface area contributed by atoms with Crippen LogP contribution in [-0.4, -0.2) is 18.1 Å². The first-order valence-electron chi connectivity index (χ1n) is 5.15. The van der Waals surface area contributed by atoms with Crippen LogP contribution in [0.2, 0.25) is 0 Å². The van der Waals surface area contributed by atoms with E-state index in [0.29, 0.717) is 13.1 Å². The molecule has 16 heavy (non-hydrogen) atoms. The summed E-state index contributed by atoms with van der Waals surface area (Å²) < 4.78 is 4.15. The maximum atomic E-state index is 9.18. The van der Waals surface area contributed by atoms with Gasteiger partial charge in [0.15, 0.2) is 0 Å². The Morgan fingerprint density at radius 1 is 1.31 bits per heavy atom. The molecule has 0 N–H and O–H groups in total. The molecule has 0 aliphatic carbocycles. The number of carbonyl (C=O) groups is 1. The minimum absolute atomic E-state index is 0.431. The monoisotopic (exact) mass is 217 g/mol. The SMILES string of the molecule is CCOC=O.Cc1cccc2ncccc12. The fourth-order valence-corrected chi connectivity index (χ4v) is 1.33. The van der Waals surface area contributed by atoms with E-state index in [1.165, 1.54) is 10.9 Å². The van der Waals surface area contributed by atoms with Crippen molar-refractivity contribution in [3.8, 4) is 0 Å². The second-order valence-corrected chi connectivity index (χ2v) is 3.20. The molecule has 0 bridgehead atoms. The molecule has 3 nitrogen and oxygen atoms in total.